The highest BCUT2D eigenvalue weighted by Gasteiger charge is 2.39. The first kappa shape index (κ1) is 13.1. The third kappa shape index (κ3) is 2.40. The van der Waals surface area contributed by atoms with Crippen molar-refractivity contribution < 1.29 is 8.78 Å². The van der Waals surface area contributed by atoms with E-state index in [1.165, 1.54) is 0 Å². The number of benzene rings is 1. The molecule has 1 aromatic carbocycles. The summed E-state index contributed by atoms with van der Waals surface area (Å²) in [6.07, 6.45) is -2.03. The van der Waals surface area contributed by atoms with Crippen LogP contribution in [0.5, 0.6) is 0 Å². The van der Waals surface area contributed by atoms with Gasteiger partial charge in [0.05, 0.1) is 0 Å². The largest absolute Gasteiger partial charge is 0.303 e. The standard InChI is InChI=1S/C13H19F2N/c1-4-13(12(14)15,16-5-2)11-8-6-10(3)7-9-11/h6-9,12,16H,4-5H2,1-3H3. The van der Waals surface area contributed by atoms with Crippen LogP contribution in [0.2, 0.25) is 0 Å². The molecule has 0 saturated heterocycles. The number of aryl methyl sites for hydroxylation is 1. The van der Waals surface area contributed by atoms with Crippen LogP contribution in [0.15, 0.2) is 24.3 Å². The highest BCUT2D eigenvalue weighted by atomic mass is 19.3. The van der Waals surface area contributed by atoms with Crippen molar-refractivity contribution in [2.24, 2.45) is 0 Å². The Hall–Kier alpha value is -0.960. The van der Waals surface area contributed by atoms with Gasteiger partial charge in [-0.1, -0.05) is 43.7 Å². The number of rotatable bonds is 5. The molecule has 0 aliphatic heterocycles. The lowest BCUT2D eigenvalue weighted by Crippen LogP contribution is -2.47. The predicted molar refractivity (Wildman–Crippen MR) is 62.8 cm³/mol. The highest BCUT2D eigenvalue weighted by Crippen LogP contribution is 2.31. The molecule has 1 unspecified atom stereocenters. The number of alkyl halides is 2. The lowest BCUT2D eigenvalue weighted by Gasteiger charge is -2.33. The van der Waals surface area contributed by atoms with Crippen molar-refractivity contribution in [2.45, 2.75) is 39.2 Å². The summed E-state index contributed by atoms with van der Waals surface area (Å²) in [5.74, 6) is 0. The van der Waals surface area contributed by atoms with Gasteiger partial charge in [0.25, 0.3) is 6.43 Å². The lowest BCUT2D eigenvalue weighted by molar-refractivity contribution is 0.0254. The maximum Gasteiger partial charge on any atom is 0.260 e. The molecule has 16 heavy (non-hydrogen) atoms. The minimum atomic E-state index is -2.40. The smallest absolute Gasteiger partial charge is 0.260 e. The normalized spacial score (nSPS) is 15.1. The van der Waals surface area contributed by atoms with Gasteiger partial charge in [-0.3, -0.25) is 0 Å². The summed E-state index contributed by atoms with van der Waals surface area (Å²) >= 11 is 0. The van der Waals surface area contributed by atoms with Crippen LogP contribution in [-0.4, -0.2) is 13.0 Å². The molecule has 1 rings (SSSR count). The van der Waals surface area contributed by atoms with Crippen LogP contribution >= 0.6 is 0 Å². The van der Waals surface area contributed by atoms with E-state index in [4.69, 9.17) is 0 Å². The SMILES string of the molecule is CCNC(CC)(c1ccc(C)cc1)C(F)F. The number of halogens is 2. The number of hydrogen-bond acceptors (Lipinski definition) is 1. The Morgan fingerprint density at radius 1 is 1.19 bits per heavy atom. The lowest BCUT2D eigenvalue weighted by atomic mass is 9.87. The molecule has 0 heterocycles. The van der Waals surface area contributed by atoms with E-state index in [-0.39, 0.29) is 0 Å². The molecule has 1 aromatic rings. The monoisotopic (exact) mass is 227 g/mol. The second-order valence-corrected chi connectivity index (χ2v) is 4.02. The molecular formula is C13H19F2N. The molecule has 90 valence electrons. The van der Waals surface area contributed by atoms with Gasteiger partial charge < -0.3 is 5.32 Å². The summed E-state index contributed by atoms with van der Waals surface area (Å²) in [5.41, 5.74) is 0.541. The first-order chi connectivity index (χ1) is 7.56. The van der Waals surface area contributed by atoms with Crippen LogP contribution < -0.4 is 5.32 Å². The van der Waals surface area contributed by atoms with Gasteiger partial charge in [-0.2, -0.15) is 0 Å². The van der Waals surface area contributed by atoms with E-state index in [0.29, 0.717) is 18.5 Å². The Morgan fingerprint density at radius 2 is 1.75 bits per heavy atom. The van der Waals surface area contributed by atoms with Gasteiger partial charge in [0.15, 0.2) is 0 Å². The van der Waals surface area contributed by atoms with Gasteiger partial charge in [0.1, 0.15) is 5.54 Å². The average molecular weight is 227 g/mol. The molecule has 0 bridgehead atoms. The van der Waals surface area contributed by atoms with Crippen molar-refractivity contribution in [1.29, 1.82) is 0 Å². The van der Waals surface area contributed by atoms with Gasteiger partial charge in [-0.25, -0.2) is 8.78 Å². The topological polar surface area (TPSA) is 12.0 Å². The fourth-order valence-electron chi connectivity index (χ4n) is 1.96. The zero-order valence-electron chi connectivity index (χ0n) is 10.1. The van der Waals surface area contributed by atoms with Crippen molar-refractivity contribution in [3.05, 3.63) is 35.4 Å². The Labute approximate surface area is 95.9 Å². The summed E-state index contributed by atoms with van der Waals surface area (Å²) in [7, 11) is 0. The van der Waals surface area contributed by atoms with E-state index in [1.54, 1.807) is 19.1 Å². The summed E-state index contributed by atoms with van der Waals surface area (Å²) in [6, 6.07) is 7.32. The predicted octanol–water partition coefficient (Wildman–Crippen LogP) is 3.47. The number of hydrogen-bond donors (Lipinski definition) is 1. The zero-order valence-corrected chi connectivity index (χ0v) is 10.1. The average Bonchev–Trinajstić information content (AvgIpc) is 2.27. The van der Waals surface area contributed by atoms with E-state index in [9.17, 15) is 8.78 Å². The quantitative estimate of drug-likeness (QED) is 0.812. The van der Waals surface area contributed by atoms with Gasteiger partial charge in [0.2, 0.25) is 0 Å². The van der Waals surface area contributed by atoms with Gasteiger partial charge >= 0.3 is 0 Å². The minimum absolute atomic E-state index is 0.377. The maximum atomic E-state index is 13.3. The fraction of sp³-hybridized carbons (Fsp3) is 0.538. The zero-order chi connectivity index (χ0) is 12.2. The molecule has 0 aliphatic carbocycles. The Morgan fingerprint density at radius 3 is 2.12 bits per heavy atom. The summed E-state index contributed by atoms with van der Waals surface area (Å²) in [5, 5.41) is 2.93. The second kappa shape index (κ2) is 5.39. The third-order valence-corrected chi connectivity index (χ3v) is 2.99. The van der Waals surface area contributed by atoms with Crippen molar-refractivity contribution in [1.82, 2.24) is 5.32 Å². The summed E-state index contributed by atoms with van der Waals surface area (Å²) in [4.78, 5) is 0. The molecule has 0 aromatic heterocycles. The molecule has 0 fully saturated rings. The van der Waals surface area contributed by atoms with Crippen molar-refractivity contribution in [3.63, 3.8) is 0 Å². The molecule has 1 nitrogen and oxygen atoms in total. The molecule has 0 amide bonds. The first-order valence-electron chi connectivity index (χ1n) is 5.67. The Balaban J connectivity index is 3.13. The van der Waals surface area contributed by atoms with E-state index >= 15 is 0 Å². The molecule has 1 N–H and O–H groups in total. The van der Waals surface area contributed by atoms with Crippen LogP contribution in [0.25, 0.3) is 0 Å². The first-order valence-corrected chi connectivity index (χ1v) is 5.67. The molecule has 3 heteroatoms. The van der Waals surface area contributed by atoms with E-state index in [1.807, 2.05) is 26.0 Å². The maximum absolute atomic E-state index is 13.3. The fourth-order valence-corrected chi connectivity index (χ4v) is 1.96. The van der Waals surface area contributed by atoms with Gasteiger partial charge in [0, 0.05) is 0 Å². The molecule has 0 radical (unpaired) electrons. The van der Waals surface area contributed by atoms with E-state index in [0.717, 1.165) is 5.56 Å². The van der Waals surface area contributed by atoms with Crippen LogP contribution in [0, 0.1) is 6.92 Å². The van der Waals surface area contributed by atoms with Crippen LogP contribution in [0.3, 0.4) is 0 Å². The number of nitrogens with one attached hydrogen (secondary N) is 1. The van der Waals surface area contributed by atoms with Crippen LogP contribution in [0.1, 0.15) is 31.4 Å². The molecular weight excluding hydrogens is 208 g/mol. The second-order valence-electron chi connectivity index (χ2n) is 4.02. The Bertz CT molecular complexity index is 321. The summed E-state index contributed by atoms with van der Waals surface area (Å²) in [6.45, 7) is 6.12. The molecule has 0 saturated carbocycles. The van der Waals surface area contributed by atoms with Crippen molar-refractivity contribution in [2.75, 3.05) is 6.54 Å². The van der Waals surface area contributed by atoms with Gasteiger partial charge in [-0.15, -0.1) is 0 Å². The third-order valence-electron chi connectivity index (χ3n) is 2.99. The van der Waals surface area contributed by atoms with Crippen molar-refractivity contribution in [3.8, 4) is 0 Å². The summed E-state index contributed by atoms with van der Waals surface area (Å²) < 4.78 is 26.5. The minimum Gasteiger partial charge on any atom is -0.303 e. The van der Waals surface area contributed by atoms with Crippen LogP contribution in [-0.2, 0) is 5.54 Å². The molecule has 1 atom stereocenters. The molecule has 0 spiro atoms. The van der Waals surface area contributed by atoms with E-state index in [2.05, 4.69) is 5.32 Å². The van der Waals surface area contributed by atoms with Crippen molar-refractivity contribution >= 4 is 0 Å². The molecule has 0 aliphatic rings. The van der Waals surface area contributed by atoms with E-state index < -0.39 is 12.0 Å². The highest BCUT2D eigenvalue weighted by molar-refractivity contribution is 5.28. The Kier molecular flexibility index (Phi) is 4.42. The van der Waals surface area contributed by atoms with Crippen LogP contribution in [0.4, 0.5) is 8.78 Å². The van der Waals surface area contributed by atoms with Gasteiger partial charge in [-0.05, 0) is 25.5 Å².